The normalized spacial score (nSPS) is 17.9. The summed E-state index contributed by atoms with van der Waals surface area (Å²) in [4.78, 5) is 25.8. The van der Waals surface area contributed by atoms with Crippen LogP contribution in [0.4, 0.5) is 0 Å². The molecule has 1 aliphatic rings. The van der Waals surface area contributed by atoms with Crippen molar-refractivity contribution >= 4 is 51.2 Å². The second kappa shape index (κ2) is 7.90. The molecular formula is C17H19BrN2O3S. The Labute approximate surface area is 155 Å². The van der Waals surface area contributed by atoms with E-state index in [1.54, 1.807) is 19.1 Å². The number of benzene rings is 1. The van der Waals surface area contributed by atoms with E-state index in [2.05, 4.69) is 28.2 Å². The van der Waals surface area contributed by atoms with Crippen molar-refractivity contribution in [2.45, 2.75) is 33.3 Å². The van der Waals surface area contributed by atoms with E-state index in [1.807, 2.05) is 19.1 Å². The van der Waals surface area contributed by atoms with Gasteiger partial charge in [0.05, 0.1) is 10.6 Å². The molecule has 0 aromatic heterocycles. The zero-order chi connectivity index (χ0) is 17.9. The summed E-state index contributed by atoms with van der Waals surface area (Å²) in [5.74, 6) is -0.143. The second-order valence-corrected chi connectivity index (χ2v) is 6.63. The van der Waals surface area contributed by atoms with Crippen LogP contribution in [-0.4, -0.2) is 34.5 Å². The molecule has 0 saturated carbocycles. The predicted octanol–water partition coefficient (Wildman–Crippen LogP) is 3.27. The molecule has 0 spiro atoms. The Bertz CT molecular complexity index is 718. The lowest BCUT2D eigenvalue weighted by molar-refractivity contribution is -0.128. The average molecular weight is 411 g/mol. The average Bonchev–Trinajstić information content (AvgIpc) is 2.54. The summed E-state index contributed by atoms with van der Waals surface area (Å²) in [7, 11) is 0. The molecule has 5 nitrogen and oxygen atoms in total. The van der Waals surface area contributed by atoms with Gasteiger partial charge in [-0.2, -0.15) is 0 Å². The van der Waals surface area contributed by atoms with E-state index >= 15 is 0 Å². The van der Waals surface area contributed by atoms with Gasteiger partial charge in [0.1, 0.15) is 11.3 Å². The molecule has 0 unspecified atom stereocenters. The third-order valence-electron chi connectivity index (χ3n) is 3.67. The van der Waals surface area contributed by atoms with Gasteiger partial charge >= 0.3 is 0 Å². The number of thiocarbonyl (C=S) groups is 1. The molecule has 2 rings (SSSR count). The van der Waals surface area contributed by atoms with Gasteiger partial charge in [0.15, 0.2) is 5.11 Å². The highest BCUT2D eigenvalue weighted by Crippen LogP contribution is 2.28. The Balaban J connectivity index is 2.30. The number of halogens is 1. The Hall–Kier alpha value is -1.73. The number of nitrogens with one attached hydrogen (secondary N) is 1. The molecule has 1 saturated heterocycles. The van der Waals surface area contributed by atoms with Gasteiger partial charge in [0.25, 0.3) is 11.8 Å². The third-order valence-corrected chi connectivity index (χ3v) is 4.61. The molecule has 7 heteroatoms. The maximum absolute atomic E-state index is 12.4. The van der Waals surface area contributed by atoms with Crippen molar-refractivity contribution in [3.05, 3.63) is 33.8 Å². The summed E-state index contributed by atoms with van der Waals surface area (Å²) in [5, 5.41) is 2.68. The highest BCUT2D eigenvalue weighted by Gasteiger charge is 2.32. The van der Waals surface area contributed by atoms with Crippen LogP contribution >= 0.6 is 28.1 Å². The molecule has 1 atom stereocenters. The smallest absolute Gasteiger partial charge is 0.265 e. The quantitative estimate of drug-likeness (QED) is 0.459. The first-order valence-corrected chi connectivity index (χ1v) is 8.92. The van der Waals surface area contributed by atoms with Gasteiger partial charge in [0.2, 0.25) is 0 Å². The van der Waals surface area contributed by atoms with Crippen LogP contribution in [0.1, 0.15) is 32.8 Å². The maximum Gasteiger partial charge on any atom is 0.265 e. The molecule has 0 bridgehead atoms. The minimum absolute atomic E-state index is 0.0629. The standard InChI is InChI=1S/C17H19BrN2O3S/c1-4-10(3)23-14-7-6-11(9-13(14)18)8-12-15(21)19-17(24)20(5-2)16(12)22/h6-10H,4-5H2,1-3H3,(H,19,21,24)/b12-8+/t10-/m0/s1. The fourth-order valence-electron chi connectivity index (χ4n) is 2.15. The van der Waals surface area contributed by atoms with Gasteiger partial charge in [-0.15, -0.1) is 0 Å². The van der Waals surface area contributed by atoms with Gasteiger partial charge in [-0.05, 0) is 72.2 Å². The Morgan fingerprint density at radius 1 is 1.38 bits per heavy atom. The van der Waals surface area contributed by atoms with Crippen molar-refractivity contribution < 1.29 is 14.3 Å². The molecule has 2 amide bonds. The van der Waals surface area contributed by atoms with Crippen molar-refractivity contribution in [1.29, 1.82) is 0 Å². The third kappa shape index (κ3) is 4.02. The molecule has 0 radical (unpaired) electrons. The first kappa shape index (κ1) is 18.6. The number of hydrogen-bond donors (Lipinski definition) is 1. The number of rotatable bonds is 5. The number of hydrogen-bond acceptors (Lipinski definition) is 4. The maximum atomic E-state index is 12.4. The minimum Gasteiger partial charge on any atom is -0.490 e. The molecule has 128 valence electrons. The summed E-state index contributed by atoms with van der Waals surface area (Å²) in [6, 6.07) is 5.43. The van der Waals surface area contributed by atoms with Gasteiger partial charge < -0.3 is 4.74 Å². The lowest BCUT2D eigenvalue weighted by Crippen LogP contribution is -2.53. The molecular weight excluding hydrogens is 392 g/mol. The molecule has 1 heterocycles. The summed E-state index contributed by atoms with van der Waals surface area (Å²) in [6.07, 6.45) is 2.56. The number of ether oxygens (including phenoxy) is 1. The van der Waals surface area contributed by atoms with Crippen LogP contribution in [0.3, 0.4) is 0 Å². The minimum atomic E-state index is -0.481. The largest absolute Gasteiger partial charge is 0.490 e. The van der Waals surface area contributed by atoms with E-state index < -0.39 is 5.91 Å². The number of amides is 2. The number of carbonyl (C=O) groups is 2. The van der Waals surface area contributed by atoms with E-state index in [-0.39, 0.29) is 22.7 Å². The van der Waals surface area contributed by atoms with Crippen LogP contribution in [-0.2, 0) is 9.59 Å². The lowest BCUT2D eigenvalue weighted by Gasteiger charge is -2.27. The zero-order valence-electron chi connectivity index (χ0n) is 13.8. The van der Waals surface area contributed by atoms with Crippen molar-refractivity contribution in [3.8, 4) is 5.75 Å². The Kier molecular flexibility index (Phi) is 6.12. The molecule has 24 heavy (non-hydrogen) atoms. The first-order valence-electron chi connectivity index (χ1n) is 7.72. The second-order valence-electron chi connectivity index (χ2n) is 5.39. The van der Waals surface area contributed by atoms with E-state index in [4.69, 9.17) is 17.0 Å². The highest BCUT2D eigenvalue weighted by atomic mass is 79.9. The number of carbonyl (C=O) groups excluding carboxylic acids is 2. The van der Waals surface area contributed by atoms with Gasteiger partial charge in [-0.3, -0.25) is 19.8 Å². The molecule has 0 aliphatic carbocycles. The van der Waals surface area contributed by atoms with Crippen molar-refractivity contribution in [3.63, 3.8) is 0 Å². The van der Waals surface area contributed by atoms with Crippen LogP contribution in [0, 0.1) is 0 Å². The van der Waals surface area contributed by atoms with Crippen LogP contribution < -0.4 is 10.1 Å². The fraction of sp³-hybridized carbons (Fsp3) is 0.353. The van der Waals surface area contributed by atoms with Gasteiger partial charge in [0, 0.05) is 6.54 Å². The van der Waals surface area contributed by atoms with Crippen molar-refractivity contribution in [1.82, 2.24) is 10.2 Å². The zero-order valence-corrected chi connectivity index (χ0v) is 16.2. The monoisotopic (exact) mass is 410 g/mol. The van der Waals surface area contributed by atoms with E-state index in [0.29, 0.717) is 6.54 Å². The van der Waals surface area contributed by atoms with Gasteiger partial charge in [-0.25, -0.2) is 0 Å². The topological polar surface area (TPSA) is 58.6 Å². The van der Waals surface area contributed by atoms with Gasteiger partial charge in [-0.1, -0.05) is 13.0 Å². The summed E-state index contributed by atoms with van der Waals surface area (Å²) >= 11 is 8.47. The van der Waals surface area contributed by atoms with Crippen molar-refractivity contribution in [2.75, 3.05) is 6.54 Å². The Morgan fingerprint density at radius 2 is 2.08 bits per heavy atom. The predicted molar refractivity (Wildman–Crippen MR) is 101 cm³/mol. The van der Waals surface area contributed by atoms with Crippen LogP contribution in [0.5, 0.6) is 5.75 Å². The summed E-state index contributed by atoms with van der Waals surface area (Å²) < 4.78 is 6.56. The fourth-order valence-corrected chi connectivity index (χ4v) is 2.95. The van der Waals surface area contributed by atoms with Crippen LogP contribution in [0.15, 0.2) is 28.2 Å². The Morgan fingerprint density at radius 3 is 2.67 bits per heavy atom. The van der Waals surface area contributed by atoms with E-state index in [9.17, 15) is 9.59 Å². The van der Waals surface area contributed by atoms with Crippen molar-refractivity contribution in [2.24, 2.45) is 0 Å². The molecule has 1 aliphatic heterocycles. The number of nitrogens with zero attached hydrogens (tertiary/aromatic N) is 1. The highest BCUT2D eigenvalue weighted by molar-refractivity contribution is 9.10. The molecule has 1 aromatic rings. The lowest BCUT2D eigenvalue weighted by atomic mass is 10.1. The van der Waals surface area contributed by atoms with E-state index in [0.717, 1.165) is 22.2 Å². The van der Waals surface area contributed by atoms with E-state index in [1.165, 1.54) is 4.90 Å². The SMILES string of the molecule is CC[C@H](C)Oc1ccc(/C=C2\C(=O)NC(=S)N(CC)C2=O)cc1Br. The summed E-state index contributed by atoms with van der Waals surface area (Å²) in [6.45, 7) is 6.25. The van der Waals surface area contributed by atoms with Crippen LogP contribution in [0.2, 0.25) is 0 Å². The molecule has 1 aromatic carbocycles. The molecule has 1 N–H and O–H groups in total. The summed E-state index contributed by atoms with van der Waals surface area (Å²) in [5.41, 5.74) is 0.786. The first-order chi connectivity index (χ1) is 11.4. The molecule has 1 fully saturated rings. The number of likely N-dealkylation sites (N-methyl/N-ethyl adjacent to an activating group) is 1. The van der Waals surface area contributed by atoms with Crippen LogP contribution in [0.25, 0.3) is 6.08 Å².